The molecule has 1 aliphatic rings. The lowest BCUT2D eigenvalue weighted by molar-refractivity contribution is -0.385. The molecule has 41 heavy (non-hydrogen) atoms. The first-order chi connectivity index (χ1) is 19.7. The van der Waals surface area contributed by atoms with Crippen LogP contribution < -0.4 is 4.74 Å². The number of methoxy groups -OCH3 is 2. The van der Waals surface area contributed by atoms with Crippen LogP contribution in [0.1, 0.15) is 33.9 Å². The van der Waals surface area contributed by atoms with E-state index in [4.69, 9.17) is 9.47 Å². The van der Waals surface area contributed by atoms with Gasteiger partial charge < -0.3 is 14.4 Å². The predicted octanol–water partition coefficient (Wildman–Crippen LogP) is 3.98. The monoisotopic (exact) mass is 561 g/mol. The summed E-state index contributed by atoms with van der Waals surface area (Å²) in [7, 11) is 3.00. The molecule has 1 heterocycles. The van der Waals surface area contributed by atoms with E-state index in [-0.39, 0.29) is 37.5 Å². The minimum Gasteiger partial charge on any atom is -0.497 e. The first kappa shape index (κ1) is 28.8. The number of amides is 2. The van der Waals surface area contributed by atoms with Gasteiger partial charge in [-0.2, -0.15) is 5.10 Å². The SMILES string of the molecule is COCCN(CC(=O)N1N=C(c2ccc([N+](=O)[O-])cc2)C[C@H]1c1cccc([N+](=O)[O-])c1)C(=O)c1ccc(OC)cc1. The molecule has 0 aromatic heterocycles. The van der Waals surface area contributed by atoms with Crippen molar-refractivity contribution in [2.45, 2.75) is 12.5 Å². The zero-order chi connectivity index (χ0) is 29.5. The number of hydrazone groups is 1. The maximum absolute atomic E-state index is 13.7. The Kier molecular flexibility index (Phi) is 8.99. The summed E-state index contributed by atoms with van der Waals surface area (Å²) in [4.78, 5) is 49.9. The van der Waals surface area contributed by atoms with Crippen LogP contribution in [0, 0.1) is 20.2 Å². The van der Waals surface area contributed by atoms with Gasteiger partial charge in [-0.1, -0.05) is 12.1 Å². The number of ether oxygens (including phenoxy) is 2. The Morgan fingerprint density at radius 1 is 0.976 bits per heavy atom. The van der Waals surface area contributed by atoms with E-state index in [2.05, 4.69) is 5.10 Å². The van der Waals surface area contributed by atoms with Gasteiger partial charge in [-0.25, -0.2) is 5.01 Å². The second-order valence-electron chi connectivity index (χ2n) is 9.11. The summed E-state index contributed by atoms with van der Waals surface area (Å²) in [6, 6.07) is 17.4. The van der Waals surface area contributed by atoms with Crippen molar-refractivity contribution in [1.82, 2.24) is 9.91 Å². The molecule has 13 nitrogen and oxygen atoms in total. The maximum Gasteiger partial charge on any atom is 0.269 e. The number of nitro groups is 2. The molecule has 0 unspecified atom stereocenters. The molecule has 212 valence electrons. The first-order valence-electron chi connectivity index (χ1n) is 12.5. The second kappa shape index (κ2) is 12.8. The van der Waals surface area contributed by atoms with E-state index < -0.39 is 27.7 Å². The second-order valence-corrected chi connectivity index (χ2v) is 9.11. The Bertz CT molecular complexity index is 1470. The highest BCUT2D eigenvalue weighted by atomic mass is 16.6. The molecule has 0 saturated carbocycles. The summed E-state index contributed by atoms with van der Waals surface area (Å²) in [5.41, 5.74) is 1.62. The number of carbonyl (C=O) groups is 2. The van der Waals surface area contributed by atoms with Crippen molar-refractivity contribution < 1.29 is 28.9 Å². The van der Waals surface area contributed by atoms with Crippen molar-refractivity contribution >= 4 is 28.9 Å². The average molecular weight is 562 g/mol. The lowest BCUT2D eigenvalue weighted by Crippen LogP contribution is -2.42. The van der Waals surface area contributed by atoms with Crippen molar-refractivity contribution in [2.24, 2.45) is 5.10 Å². The number of benzene rings is 3. The van der Waals surface area contributed by atoms with Crippen LogP contribution in [0.15, 0.2) is 77.9 Å². The molecular weight excluding hydrogens is 534 g/mol. The van der Waals surface area contributed by atoms with Gasteiger partial charge >= 0.3 is 0 Å². The molecule has 1 aliphatic heterocycles. The summed E-state index contributed by atoms with van der Waals surface area (Å²) in [5, 5.41) is 28.3. The normalized spacial score (nSPS) is 14.3. The highest BCUT2D eigenvalue weighted by Crippen LogP contribution is 2.34. The van der Waals surface area contributed by atoms with Crippen molar-refractivity contribution in [1.29, 1.82) is 0 Å². The third-order valence-electron chi connectivity index (χ3n) is 6.56. The third kappa shape index (κ3) is 6.70. The molecule has 4 rings (SSSR count). The van der Waals surface area contributed by atoms with Gasteiger partial charge in [0.25, 0.3) is 23.2 Å². The van der Waals surface area contributed by atoms with Crippen LogP contribution in [0.25, 0.3) is 0 Å². The van der Waals surface area contributed by atoms with E-state index in [1.165, 1.54) is 66.6 Å². The van der Waals surface area contributed by atoms with E-state index in [0.29, 0.717) is 28.2 Å². The molecule has 3 aromatic rings. The summed E-state index contributed by atoms with van der Waals surface area (Å²) in [6.07, 6.45) is 0.204. The van der Waals surface area contributed by atoms with Gasteiger partial charge in [-0.15, -0.1) is 0 Å². The molecule has 0 aliphatic carbocycles. The highest BCUT2D eigenvalue weighted by Gasteiger charge is 2.35. The molecule has 0 spiro atoms. The molecule has 0 radical (unpaired) electrons. The minimum atomic E-state index is -0.701. The van der Waals surface area contributed by atoms with Crippen LogP contribution in [0.5, 0.6) is 5.75 Å². The summed E-state index contributed by atoms with van der Waals surface area (Å²) in [5.74, 6) is -0.342. The van der Waals surface area contributed by atoms with Crippen molar-refractivity contribution in [3.8, 4) is 5.75 Å². The van der Waals surface area contributed by atoms with Gasteiger partial charge in [0.15, 0.2) is 0 Å². The van der Waals surface area contributed by atoms with Crippen LogP contribution in [-0.4, -0.2) is 71.2 Å². The van der Waals surface area contributed by atoms with Crippen LogP contribution in [0.3, 0.4) is 0 Å². The van der Waals surface area contributed by atoms with Gasteiger partial charge in [0.2, 0.25) is 0 Å². The highest BCUT2D eigenvalue weighted by molar-refractivity contribution is 6.04. The maximum atomic E-state index is 13.7. The van der Waals surface area contributed by atoms with Gasteiger partial charge in [-0.3, -0.25) is 29.8 Å². The standard InChI is InChI=1S/C28H27N5O8/c1-40-15-14-30(28(35)20-8-12-24(41-2)13-9-20)18-27(34)31-26(21-4-3-5-23(16-21)33(38)39)17-25(29-31)19-6-10-22(11-7-19)32(36)37/h3-13,16,26H,14-15,17-18H2,1-2H3/t26-/m0/s1. The number of nitro benzene ring substituents is 2. The lowest BCUT2D eigenvalue weighted by Gasteiger charge is -2.27. The van der Waals surface area contributed by atoms with Crippen molar-refractivity contribution in [3.63, 3.8) is 0 Å². The summed E-state index contributed by atoms with van der Waals surface area (Å²) < 4.78 is 10.3. The summed E-state index contributed by atoms with van der Waals surface area (Å²) in [6.45, 7) is -0.0289. The van der Waals surface area contributed by atoms with E-state index >= 15 is 0 Å². The van der Waals surface area contributed by atoms with Crippen LogP contribution >= 0.6 is 0 Å². The number of rotatable bonds is 11. The van der Waals surface area contributed by atoms with Crippen LogP contribution in [0.4, 0.5) is 11.4 Å². The number of hydrogen-bond donors (Lipinski definition) is 0. The van der Waals surface area contributed by atoms with Crippen molar-refractivity contribution in [2.75, 3.05) is 33.9 Å². The molecule has 2 amide bonds. The molecule has 0 fully saturated rings. The molecule has 13 heteroatoms. The Morgan fingerprint density at radius 3 is 2.27 bits per heavy atom. The first-order valence-corrected chi connectivity index (χ1v) is 12.5. The average Bonchev–Trinajstić information content (AvgIpc) is 3.45. The number of non-ortho nitro benzene ring substituents is 2. The molecule has 1 atom stereocenters. The number of carbonyl (C=O) groups excluding carboxylic acids is 2. The Hall–Kier alpha value is -5.17. The molecule has 0 bridgehead atoms. The Balaban J connectivity index is 1.66. The zero-order valence-corrected chi connectivity index (χ0v) is 22.3. The van der Waals surface area contributed by atoms with E-state index in [0.717, 1.165) is 0 Å². The van der Waals surface area contributed by atoms with Gasteiger partial charge in [0.1, 0.15) is 12.3 Å². The lowest BCUT2D eigenvalue weighted by atomic mass is 9.98. The Morgan fingerprint density at radius 2 is 1.66 bits per heavy atom. The fourth-order valence-electron chi connectivity index (χ4n) is 4.40. The fourth-order valence-corrected chi connectivity index (χ4v) is 4.40. The number of nitrogens with zero attached hydrogens (tertiary/aromatic N) is 5. The van der Waals surface area contributed by atoms with E-state index in [1.54, 1.807) is 30.3 Å². The molecule has 3 aromatic carbocycles. The van der Waals surface area contributed by atoms with E-state index in [1.807, 2.05) is 0 Å². The van der Waals surface area contributed by atoms with Gasteiger partial charge in [0.05, 0.1) is 35.3 Å². The van der Waals surface area contributed by atoms with E-state index in [9.17, 15) is 29.8 Å². The largest absolute Gasteiger partial charge is 0.497 e. The molecule has 0 N–H and O–H groups in total. The third-order valence-corrected chi connectivity index (χ3v) is 6.56. The fraction of sp³-hybridized carbons (Fsp3) is 0.250. The molecular formula is C28H27N5O8. The van der Waals surface area contributed by atoms with Crippen molar-refractivity contribution in [3.05, 3.63) is 110 Å². The van der Waals surface area contributed by atoms with Crippen LogP contribution in [0.2, 0.25) is 0 Å². The summed E-state index contributed by atoms with van der Waals surface area (Å²) >= 11 is 0. The van der Waals surface area contributed by atoms with Gasteiger partial charge in [0, 0.05) is 49.9 Å². The molecule has 0 saturated heterocycles. The zero-order valence-electron chi connectivity index (χ0n) is 22.3. The topological polar surface area (TPSA) is 158 Å². The Labute approximate surface area is 234 Å². The number of hydrogen-bond acceptors (Lipinski definition) is 9. The predicted molar refractivity (Wildman–Crippen MR) is 148 cm³/mol. The van der Waals surface area contributed by atoms with Gasteiger partial charge in [-0.05, 0) is 47.5 Å². The minimum absolute atomic E-state index is 0.0960. The van der Waals surface area contributed by atoms with Crippen LogP contribution in [-0.2, 0) is 9.53 Å². The smallest absolute Gasteiger partial charge is 0.269 e. The quantitative estimate of drug-likeness (QED) is 0.251.